The summed E-state index contributed by atoms with van der Waals surface area (Å²) < 4.78 is 0. The standard InChI is InChI=1S/C22H16N4S/c1-15-4-6-16(7-5-15)21-14-27-22(26-21)18(12-23)13-25-19-8-9-20-17(11-19)3-2-10-24-20/h2-11,13-14,25H,1H3. The first-order valence-electron chi connectivity index (χ1n) is 8.47. The molecular formula is C22H16N4S. The van der Waals surface area contributed by atoms with Crippen molar-refractivity contribution in [2.75, 3.05) is 5.32 Å². The van der Waals surface area contributed by atoms with Gasteiger partial charge in [-0.15, -0.1) is 11.3 Å². The summed E-state index contributed by atoms with van der Waals surface area (Å²) in [5.74, 6) is 0. The van der Waals surface area contributed by atoms with Gasteiger partial charge >= 0.3 is 0 Å². The second-order valence-corrected chi connectivity index (χ2v) is 6.99. The predicted octanol–water partition coefficient (Wildman–Crippen LogP) is 5.64. The lowest BCUT2D eigenvalue weighted by atomic mass is 10.1. The van der Waals surface area contributed by atoms with E-state index < -0.39 is 0 Å². The molecule has 27 heavy (non-hydrogen) atoms. The van der Waals surface area contributed by atoms with Gasteiger partial charge in [0.1, 0.15) is 16.6 Å². The Morgan fingerprint density at radius 3 is 2.81 bits per heavy atom. The fourth-order valence-corrected chi connectivity index (χ4v) is 3.51. The lowest BCUT2D eigenvalue weighted by molar-refractivity contribution is 1.36. The van der Waals surface area contributed by atoms with E-state index in [0.29, 0.717) is 10.6 Å². The molecule has 4 nitrogen and oxygen atoms in total. The van der Waals surface area contributed by atoms with Crippen LogP contribution in [-0.2, 0) is 0 Å². The zero-order valence-electron chi connectivity index (χ0n) is 14.7. The van der Waals surface area contributed by atoms with Crippen LogP contribution in [0.3, 0.4) is 0 Å². The molecule has 2 aromatic heterocycles. The highest BCUT2D eigenvalue weighted by atomic mass is 32.1. The number of nitriles is 1. The zero-order valence-corrected chi connectivity index (χ0v) is 15.5. The maximum absolute atomic E-state index is 9.54. The van der Waals surface area contributed by atoms with E-state index in [-0.39, 0.29) is 0 Å². The molecule has 4 aromatic rings. The molecule has 0 unspecified atom stereocenters. The van der Waals surface area contributed by atoms with Crippen LogP contribution >= 0.6 is 11.3 Å². The van der Waals surface area contributed by atoms with E-state index in [9.17, 15) is 5.26 Å². The first-order chi connectivity index (χ1) is 13.2. The second kappa shape index (κ2) is 7.40. The smallest absolute Gasteiger partial charge is 0.136 e. The highest BCUT2D eigenvalue weighted by Gasteiger charge is 2.09. The van der Waals surface area contributed by atoms with E-state index >= 15 is 0 Å². The van der Waals surface area contributed by atoms with Crippen LogP contribution in [0.2, 0.25) is 0 Å². The monoisotopic (exact) mass is 368 g/mol. The minimum absolute atomic E-state index is 0.504. The number of hydrogen-bond donors (Lipinski definition) is 1. The highest BCUT2D eigenvalue weighted by Crippen LogP contribution is 2.26. The van der Waals surface area contributed by atoms with Crippen molar-refractivity contribution >= 4 is 33.5 Å². The quantitative estimate of drug-likeness (QED) is 0.473. The Kier molecular flexibility index (Phi) is 4.65. The summed E-state index contributed by atoms with van der Waals surface area (Å²) in [5.41, 5.74) is 5.49. The Bertz CT molecular complexity index is 1170. The summed E-state index contributed by atoms with van der Waals surface area (Å²) in [6.45, 7) is 2.06. The third-order valence-corrected chi connectivity index (χ3v) is 5.06. The number of anilines is 1. The average molecular weight is 368 g/mol. The number of pyridine rings is 1. The van der Waals surface area contributed by atoms with E-state index in [4.69, 9.17) is 0 Å². The van der Waals surface area contributed by atoms with Crippen LogP contribution in [0.5, 0.6) is 0 Å². The Morgan fingerprint density at radius 2 is 2.00 bits per heavy atom. The molecule has 0 fully saturated rings. The normalized spacial score (nSPS) is 11.3. The number of allylic oxidation sites excluding steroid dienone is 1. The van der Waals surface area contributed by atoms with Gasteiger partial charge in [-0.1, -0.05) is 35.9 Å². The lowest BCUT2D eigenvalue weighted by Crippen LogP contribution is -1.91. The fourth-order valence-electron chi connectivity index (χ4n) is 2.72. The third-order valence-electron chi connectivity index (χ3n) is 4.19. The first-order valence-corrected chi connectivity index (χ1v) is 9.35. The minimum Gasteiger partial charge on any atom is -0.360 e. The van der Waals surface area contributed by atoms with Gasteiger partial charge in [0.05, 0.1) is 11.2 Å². The van der Waals surface area contributed by atoms with E-state index in [1.165, 1.54) is 16.9 Å². The molecule has 0 aliphatic carbocycles. The number of nitrogens with zero attached hydrogens (tertiary/aromatic N) is 3. The Morgan fingerprint density at radius 1 is 1.15 bits per heavy atom. The van der Waals surface area contributed by atoms with Crippen LogP contribution in [0.25, 0.3) is 27.7 Å². The molecule has 0 amide bonds. The summed E-state index contributed by atoms with van der Waals surface area (Å²) >= 11 is 1.47. The number of thiazole rings is 1. The molecule has 0 spiro atoms. The van der Waals surface area contributed by atoms with E-state index in [1.54, 1.807) is 12.4 Å². The summed E-state index contributed by atoms with van der Waals surface area (Å²) in [5, 5.41) is 16.5. The van der Waals surface area contributed by atoms with Crippen molar-refractivity contribution in [2.45, 2.75) is 6.92 Å². The second-order valence-electron chi connectivity index (χ2n) is 6.13. The number of benzene rings is 2. The lowest BCUT2D eigenvalue weighted by Gasteiger charge is -2.03. The van der Waals surface area contributed by atoms with E-state index in [0.717, 1.165) is 27.8 Å². The molecule has 2 heterocycles. The Hall–Kier alpha value is -3.49. The highest BCUT2D eigenvalue weighted by molar-refractivity contribution is 7.11. The molecule has 0 radical (unpaired) electrons. The first kappa shape index (κ1) is 17.0. The number of hydrogen-bond acceptors (Lipinski definition) is 5. The van der Waals surface area contributed by atoms with Crippen molar-refractivity contribution < 1.29 is 0 Å². The molecule has 0 bridgehead atoms. The van der Waals surface area contributed by atoms with Crippen molar-refractivity contribution in [3.05, 3.63) is 82.9 Å². The molecule has 1 N–H and O–H groups in total. The number of nitrogens with one attached hydrogen (secondary N) is 1. The number of aromatic nitrogens is 2. The molecule has 0 aliphatic heterocycles. The van der Waals surface area contributed by atoms with Gasteiger partial charge < -0.3 is 5.32 Å². The van der Waals surface area contributed by atoms with Crippen molar-refractivity contribution in [1.29, 1.82) is 5.26 Å². The van der Waals surface area contributed by atoms with Crippen molar-refractivity contribution in [1.82, 2.24) is 9.97 Å². The van der Waals surface area contributed by atoms with Gasteiger partial charge in [0.2, 0.25) is 0 Å². The van der Waals surface area contributed by atoms with Gasteiger partial charge in [0.15, 0.2) is 0 Å². The molecule has 0 atom stereocenters. The predicted molar refractivity (Wildman–Crippen MR) is 111 cm³/mol. The van der Waals surface area contributed by atoms with Crippen LogP contribution in [-0.4, -0.2) is 9.97 Å². The minimum atomic E-state index is 0.504. The van der Waals surface area contributed by atoms with Gasteiger partial charge in [-0.2, -0.15) is 5.26 Å². The fraction of sp³-hybridized carbons (Fsp3) is 0.0455. The molecule has 130 valence electrons. The van der Waals surface area contributed by atoms with Crippen molar-refractivity contribution in [2.24, 2.45) is 0 Å². The molecule has 0 aliphatic rings. The molecule has 0 saturated heterocycles. The van der Waals surface area contributed by atoms with Gasteiger partial charge in [0.25, 0.3) is 0 Å². The summed E-state index contributed by atoms with van der Waals surface area (Å²) in [6, 6.07) is 20.3. The van der Waals surface area contributed by atoms with Gasteiger partial charge in [-0.05, 0) is 31.2 Å². The number of rotatable bonds is 4. The number of fused-ring (bicyclic) bond motifs is 1. The summed E-state index contributed by atoms with van der Waals surface area (Å²) in [7, 11) is 0. The Balaban J connectivity index is 1.58. The molecule has 0 saturated carbocycles. The van der Waals surface area contributed by atoms with Crippen LogP contribution < -0.4 is 5.32 Å². The van der Waals surface area contributed by atoms with Crippen LogP contribution in [0.15, 0.2) is 72.4 Å². The van der Waals surface area contributed by atoms with Crippen LogP contribution in [0.4, 0.5) is 5.69 Å². The molecule has 5 heteroatoms. The summed E-state index contributed by atoms with van der Waals surface area (Å²) in [4.78, 5) is 8.94. The van der Waals surface area contributed by atoms with Crippen LogP contribution in [0.1, 0.15) is 10.6 Å². The summed E-state index contributed by atoms with van der Waals surface area (Å²) in [6.07, 6.45) is 3.48. The topological polar surface area (TPSA) is 61.6 Å². The van der Waals surface area contributed by atoms with Crippen LogP contribution in [0, 0.1) is 18.3 Å². The van der Waals surface area contributed by atoms with E-state index in [1.807, 2.05) is 47.8 Å². The number of aryl methyl sites for hydroxylation is 1. The molecule has 2 aromatic carbocycles. The van der Waals surface area contributed by atoms with Gasteiger partial charge in [-0.3, -0.25) is 4.98 Å². The maximum Gasteiger partial charge on any atom is 0.136 e. The average Bonchev–Trinajstić information content (AvgIpc) is 3.19. The van der Waals surface area contributed by atoms with Gasteiger partial charge in [-0.25, -0.2) is 4.98 Å². The van der Waals surface area contributed by atoms with Crippen molar-refractivity contribution in [3.8, 4) is 17.3 Å². The largest absolute Gasteiger partial charge is 0.360 e. The maximum atomic E-state index is 9.54. The third kappa shape index (κ3) is 3.71. The van der Waals surface area contributed by atoms with E-state index in [2.05, 4.69) is 40.4 Å². The SMILES string of the molecule is Cc1ccc(-c2csc(C(C#N)=CNc3ccc4ncccc4c3)n2)cc1. The Labute approximate surface area is 161 Å². The van der Waals surface area contributed by atoms with Crippen molar-refractivity contribution in [3.63, 3.8) is 0 Å². The zero-order chi connectivity index (χ0) is 18.6. The molecular weight excluding hydrogens is 352 g/mol. The molecule has 4 rings (SSSR count). The van der Waals surface area contributed by atoms with Gasteiger partial charge in [0, 0.05) is 34.4 Å².